The fraction of sp³-hybridized carbons (Fsp3) is 0.500. The Morgan fingerprint density at radius 1 is 0.810 bits per heavy atom. The van der Waals surface area contributed by atoms with Gasteiger partial charge in [0.2, 0.25) is 12.6 Å². The minimum absolute atomic E-state index is 0.00407. The van der Waals surface area contributed by atoms with Crippen molar-refractivity contribution in [2.24, 2.45) is 22.9 Å². The predicted octanol–water partition coefficient (Wildman–Crippen LogP) is 12.9. The molecule has 0 saturated heterocycles. The molecule has 17 nitrogen and oxygen atoms in total. The second kappa shape index (κ2) is 29.3. The number of aliphatic hydroxyl groups excluding tert-OH is 2. The van der Waals surface area contributed by atoms with Crippen LogP contribution in [0.25, 0.3) is 0 Å². The van der Waals surface area contributed by atoms with E-state index in [1.165, 1.54) is 69.2 Å². The van der Waals surface area contributed by atoms with Gasteiger partial charge in [-0.15, -0.1) is 6.58 Å². The number of benzene rings is 4. The molecule has 0 bridgehead atoms. The number of carbonyl (C=O) groups excluding carboxylic acids is 2. The lowest BCUT2D eigenvalue weighted by Crippen LogP contribution is -2.70. The van der Waals surface area contributed by atoms with Crippen LogP contribution in [0, 0.1) is 27.9 Å². The molecular weight excluding hydrogens is 1010 g/mol. The fourth-order valence-corrected chi connectivity index (χ4v) is 11.8. The SMILES string of the molecule is C=CCO[C@@]12Oc3ccc(OC(=O)NCCCCCCCCCCCC)cc3[C@H]3[C@H](CCCCO)[C@@H](CCCCO)C=C(C(=NOCc4ccccc4)C[C@@H]1N(Cc1ccc4c(c1)OCO4)C(=O)Oc1ccc([N+](=O)[O-])cc1)[C@H]32. The summed E-state index contributed by atoms with van der Waals surface area (Å²) in [6.07, 6.45) is 18.4. The molecular formula is C62H78N4O13. The van der Waals surface area contributed by atoms with Gasteiger partial charge in [0.1, 0.15) is 29.9 Å². The van der Waals surface area contributed by atoms with E-state index in [1.807, 2.05) is 48.5 Å². The van der Waals surface area contributed by atoms with E-state index in [4.69, 9.17) is 38.4 Å². The van der Waals surface area contributed by atoms with Gasteiger partial charge in [-0.3, -0.25) is 15.0 Å². The molecule has 2 heterocycles. The van der Waals surface area contributed by atoms with Crippen LogP contribution in [-0.2, 0) is 22.7 Å². The number of aliphatic hydroxyl groups is 2. The normalized spacial score (nSPS) is 21.0. The Bertz CT molecular complexity index is 2700. The average molecular weight is 1090 g/mol. The number of amides is 2. The van der Waals surface area contributed by atoms with Crippen LogP contribution < -0.4 is 29.0 Å². The van der Waals surface area contributed by atoms with E-state index in [9.17, 15) is 25.1 Å². The molecule has 6 atom stereocenters. The molecule has 4 aromatic rings. The van der Waals surface area contributed by atoms with Crippen LogP contribution in [0.1, 0.15) is 139 Å². The molecule has 79 heavy (non-hydrogen) atoms. The Labute approximate surface area is 464 Å². The number of nitrogens with one attached hydrogen (secondary N) is 1. The van der Waals surface area contributed by atoms with Gasteiger partial charge in [0.25, 0.3) is 5.69 Å². The van der Waals surface area contributed by atoms with Crippen LogP contribution in [0.3, 0.4) is 0 Å². The number of hydrogen-bond acceptors (Lipinski definition) is 14. The van der Waals surface area contributed by atoms with Crippen LogP contribution in [0.5, 0.6) is 28.7 Å². The van der Waals surface area contributed by atoms with E-state index in [0.717, 1.165) is 48.8 Å². The van der Waals surface area contributed by atoms with Crippen LogP contribution in [0.15, 0.2) is 120 Å². The minimum atomic E-state index is -1.68. The first kappa shape index (κ1) is 58.2. The number of fused-ring (bicyclic) bond motifs is 3. The number of oxime groups is 1. The summed E-state index contributed by atoms with van der Waals surface area (Å²) in [4.78, 5) is 47.9. The van der Waals surface area contributed by atoms with Gasteiger partial charge in [0, 0.05) is 56.3 Å². The van der Waals surface area contributed by atoms with Gasteiger partial charge in [-0.2, -0.15) is 0 Å². The van der Waals surface area contributed by atoms with E-state index >= 15 is 4.79 Å². The van der Waals surface area contributed by atoms with E-state index in [1.54, 1.807) is 29.2 Å². The number of nitrogens with zero attached hydrogens (tertiary/aromatic N) is 3. The van der Waals surface area contributed by atoms with Crippen molar-refractivity contribution in [3.05, 3.63) is 142 Å². The maximum absolute atomic E-state index is 15.3. The molecule has 2 aliphatic carbocycles. The Morgan fingerprint density at radius 3 is 2.23 bits per heavy atom. The first-order chi connectivity index (χ1) is 38.7. The number of allylic oxidation sites excluding steroid dienone is 1. The molecule has 0 spiro atoms. The molecule has 17 heteroatoms. The zero-order chi connectivity index (χ0) is 55.4. The minimum Gasteiger partial charge on any atom is -0.459 e. The zero-order valence-electron chi connectivity index (χ0n) is 45.6. The summed E-state index contributed by atoms with van der Waals surface area (Å²) in [7, 11) is 0. The Balaban J connectivity index is 1.21. The third-order valence-corrected chi connectivity index (χ3v) is 15.6. The van der Waals surface area contributed by atoms with Gasteiger partial charge in [-0.25, -0.2) is 9.59 Å². The van der Waals surface area contributed by atoms with Crippen LogP contribution in [0.4, 0.5) is 15.3 Å². The number of hydrogen-bond donors (Lipinski definition) is 3. The van der Waals surface area contributed by atoms with Crippen molar-refractivity contribution in [2.75, 3.05) is 33.2 Å². The van der Waals surface area contributed by atoms with Gasteiger partial charge in [0.15, 0.2) is 11.5 Å². The lowest BCUT2D eigenvalue weighted by atomic mass is 9.55. The molecule has 0 aromatic heterocycles. The number of rotatable bonds is 31. The summed E-state index contributed by atoms with van der Waals surface area (Å²) >= 11 is 0. The molecule has 3 N–H and O–H groups in total. The molecule has 1 saturated carbocycles. The number of ether oxygens (including phenoxy) is 6. The molecule has 4 aromatic carbocycles. The third-order valence-electron chi connectivity index (χ3n) is 15.6. The lowest BCUT2D eigenvalue weighted by Gasteiger charge is -2.59. The largest absolute Gasteiger partial charge is 0.459 e. The first-order valence-electron chi connectivity index (χ1n) is 28.5. The number of nitro groups is 1. The average Bonchev–Trinajstić information content (AvgIpc) is 3.55. The Hall–Kier alpha value is -6.95. The number of unbranched alkanes of at least 4 members (excludes halogenated alkanes) is 11. The standard InChI is InChI=1S/C62H78N4O13/c1-3-5-6-7-8-9-10-11-12-18-33-63-60(69)77-49-30-32-54-52(39-49)58-50(24-17-20-35-68)46(23-16-19-34-67)38-51-53(64-76-42-44-21-14-13-15-22-44)40-57(62(79-54,59(51)58)75-36-4-2)65(41-45-25-31-55-56(37-45)74-43-73-55)61(70)78-48-28-26-47(27-29-48)66(71)72/h4,13-15,21-22,25-32,37-39,46,50,57-59,67-68H,2-3,5-12,16-20,23-24,33-36,40-43H2,1H3,(H,63,69)/t46-,50+,57-,58+,59+,62+/m0/s1. The second-order valence-corrected chi connectivity index (χ2v) is 21.0. The molecule has 1 fully saturated rings. The van der Waals surface area contributed by atoms with Crippen molar-refractivity contribution >= 4 is 23.6 Å². The van der Waals surface area contributed by atoms with E-state index in [2.05, 4.69) is 24.9 Å². The van der Waals surface area contributed by atoms with Crippen molar-refractivity contribution < 1.29 is 58.0 Å². The van der Waals surface area contributed by atoms with Crippen molar-refractivity contribution in [1.29, 1.82) is 0 Å². The zero-order valence-corrected chi connectivity index (χ0v) is 45.6. The lowest BCUT2D eigenvalue weighted by molar-refractivity contribution is -0.384. The quantitative estimate of drug-likeness (QED) is 0.0186. The summed E-state index contributed by atoms with van der Waals surface area (Å²) in [6.45, 7) is 6.97. The molecule has 8 rings (SSSR count). The molecule has 0 radical (unpaired) electrons. The topological polar surface area (TPSA) is 210 Å². The second-order valence-electron chi connectivity index (χ2n) is 21.0. The van der Waals surface area contributed by atoms with Gasteiger partial charge >= 0.3 is 12.2 Å². The predicted molar refractivity (Wildman–Crippen MR) is 299 cm³/mol. The van der Waals surface area contributed by atoms with E-state index < -0.39 is 40.8 Å². The van der Waals surface area contributed by atoms with Gasteiger partial charge < -0.3 is 48.8 Å². The molecule has 4 aliphatic rings. The fourth-order valence-electron chi connectivity index (χ4n) is 11.8. The van der Waals surface area contributed by atoms with Crippen molar-refractivity contribution in [1.82, 2.24) is 10.2 Å². The van der Waals surface area contributed by atoms with Gasteiger partial charge in [0.05, 0.1) is 23.2 Å². The first-order valence-corrected chi connectivity index (χ1v) is 28.5. The highest BCUT2D eigenvalue weighted by Gasteiger charge is 2.66. The summed E-state index contributed by atoms with van der Waals surface area (Å²) in [6, 6.07) is 24.8. The number of nitro benzene ring substituents is 1. The maximum atomic E-state index is 15.3. The molecule has 2 amide bonds. The Morgan fingerprint density at radius 2 is 1.51 bits per heavy atom. The van der Waals surface area contributed by atoms with E-state index in [0.29, 0.717) is 66.5 Å². The summed E-state index contributed by atoms with van der Waals surface area (Å²) in [5.74, 6) is -1.06. The Kier molecular flexibility index (Phi) is 21.6. The van der Waals surface area contributed by atoms with Gasteiger partial charge in [-0.05, 0) is 103 Å². The number of carbonyl (C=O) groups is 2. The van der Waals surface area contributed by atoms with Crippen molar-refractivity contribution in [3.8, 4) is 28.7 Å². The highest BCUT2D eigenvalue weighted by atomic mass is 16.7. The van der Waals surface area contributed by atoms with Crippen LogP contribution >= 0.6 is 0 Å². The highest BCUT2D eigenvalue weighted by Crippen LogP contribution is 2.62. The summed E-state index contributed by atoms with van der Waals surface area (Å²) in [5, 5.41) is 39.8. The molecule has 424 valence electrons. The maximum Gasteiger partial charge on any atom is 0.416 e. The van der Waals surface area contributed by atoms with Crippen LogP contribution in [-0.4, -0.2) is 82.9 Å². The van der Waals surface area contributed by atoms with E-state index in [-0.39, 0.29) is 69.5 Å². The number of non-ortho nitro benzene ring substituents is 1. The van der Waals surface area contributed by atoms with Crippen LogP contribution in [0.2, 0.25) is 0 Å². The monoisotopic (exact) mass is 1090 g/mol. The summed E-state index contributed by atoms with van der Waals surface area (Å²) in [5.41, 5.74) is 3.53. The van der Waals surface area contributed by atoms with Crippen molar-refractivity contribution in [2.45, 2.75) is 147 Å². The van der Waals surface area contributed by atoms with Crippen molar-refractivity contribution in [3.63, 3.8) is 0 Å². The molecule has 0 unspecified atom stereocenters. The smallest absolute Gasteiger partial charge is 0.416 e. The summed E-state index contributed by atoms with van der Waals surface area (Å²) < 4.78 is 38.3. The van der Waals surface area contributed by atoms with Gasteiger partial charge in [-0.1, -0.05) is 131 Å². The third kappa shape index (κ3) is 15.0. The highest BCUT2D eigenvalue weighted by molar-refractivity contribution is 6.03. The molecule has 2 aliphatic heterocycles.